The molecule has 1 spiro atoms. The van der Waals surface area contributed by atoms with Gasteiger partial charge in [-0.1, -0.05) is 29.8 Å². The Labute approximate surface area is 129 Å². The zero-order valence-corrected chi connectivity index (χ0v) is 13.7. The molecule has 1 aliphatic heterocycles. The molecule has 1 aromatic carbocycles. The van der Waals surface area contributed by atoms with Crippen molar-refractivity contribution < 1.29 is 9.53 Å². The molecule has 2 nitrogen and oxygen atoms in total. The molecular weight excluding hydrogens is 316 g/mol. The molecule has 3 rings (SSSR count). The van der Waals surface area contributed by atoms with Gasteiger partial charge in [-0.25, -0.2) is 0 Å². The molecule has 1 saturated carbocycles. The first-order chi connectivity index (χ1) is 9.49. The van der Waals surface area contributed by atoms with Gasteiger partial charge in [0.2, 0.25) is 0 Å². The van der Waals surface area contributed by atoms with E-state index in [1.807, 2.05) is 18.2 Å². The Morgan fingerprint density at radius 1 is 1.30 bits per heavy atom. The Bertz CT molecular complexity index is 528. The van der Waals surface area contributed by atoms with Crippen LogP contribution in [-0.2, 0) is 0 Å². The van der Waals surface area contributed by atoms with Gasteiger partial charge in [-0.15, -0.1) is 0 Å². The molecule has 108 valence electrons. The van der Waals surface area contributed by atoms with Crippen LogP contribution in [0.3, 0.4) is 0 Å². The average molecular weight is 337 g/mol. The van der Waals surface area contributed by atoms with Crippen molar-refractivity contribution in [2.24, 2.45) is 11.8 Å². The van der Waals surface area contributed by atoms with Gasteiger partial charge >= 0.3 is 0 Å². The first kappa shape index (κ1) is 14.1. The highest BCUT2D eigenvalue weighted by Gasteiger charge is 2.43. The lowest BCUT2D eigenvalue weighted by atomic mass is 9.71. The van der Waals surface area contributed by atoms with E-state index in [2.05, 4.69) is 29.8 Å². The van der Waals surface area contributed by atoms with Crippen LogP contribution in [0.25, 0.3) is 0 Å². The molecule has 0 radical (unpaired) electrons. The minimum atomic E-state index is -0.233. The molecule has 0 atom stereocenters. The predicted molar refractivity (Wildman–Crippen MR) is 83.2 cm³/mol. The second-order valence-corrected chi connectivity index (χ2v) is 7.52. The van der Waals surface area contributed by atoms with Crippen LogP contribution in [0.4, 0.5) is 0 Å². The lowest BCUT2D eigenvalue weighted by molar-refractivity contribution is -0.00321. The number of carbonyl (C=O) groups excluding carboxylic acids is 1. The maximum atomic E-state index is 12.4. The number of hydrogen-bond acceptors (Lipinski definition) is 2. The largest absolute Gasteiger partial charge is 0.486 e. The molecule has 2 aliphatic rings. The van der Waals surface area contributed by atoms with Gasteiger partial charge < -0.3 is 4.74 Å². The van der Waals surface area contributed by atoms with Gasteiger partial charge in [-0.2, -0.15) is 0 Å². The summed E-state index contributed by atoms with van der Waals surface area (Å²) in [6.07, 6.45) is 4.92. The molecule has 0 saturated heterocycles. The number of carbonyl (C=O) groups is 1. The highest BCUT2D eigenvalue weighted by Crippen LogP contribution is 2.45. The van der Waals surface area contributed by atoms with Gasteiger partial charge in [0.1, 0.15) is 11.4 Å². The molecule has 0 N–H and O–H groups in total. The van der Waals surface area contributed by atoms with Crippen LogP contribution in [-0.4, -0.2) is 11.4 Å². The summed E-state index contributed by atoms with van der Waals surface area (Å²) in [6.45, 7) is 4.59. The summed E-state index contributed by atoms with van der Waals surface area (Å²) in [7, 11) is 0. The second kappa shape index (κ2) is 5.18. The number of Topliss-reactive ketones (excluding diaryl/α,β-unsaturated/α-hetero) is 1. The van der Waals surface area contributed by atoms with Crippen LogP contribution in [0, 0.1) is 11.8 Å². The lowest BCUT2D eigenvalue weighted by Gasteiger charge is -2.43. The Balaban J connectivity index is 1.82. The molecule has 0 bridgehead atoms. The van der Waals surface area contributed by atoms with Crippen molar-refractivity contribution in [1.29, 1.82) is 0 Å². The number of benzene rings is 1. The average Bonchev–Trinajstić information content (AvgIpc) is 2.40. The zero-order valence-electron chi connectivity index (χ0n) is 12.1. The van der Waals surface area contributed by atoms with E-state index in [4.69, 9.17) is 4.74 Å². The van der Waals surface area contributed by atoms with Crippen molar-refractivity contribution in [2.45, 2.75) is 51.6 Å². The Morgan fingerprint density at radius 3 is 2.65 bits per heavy atom. The summed E-state index contributed by atoms with van der Waals surface area (Å²) >= 11 is 3.42. The van der Waals surface area contributed by atoms with Crippen molar-refractivity contribution in [1.82, 2.24) is 0 Å². The molecule has 0 unspecified atom stereocenters. The second-order valence-electron chi connectivity index (χ2n) is 6.61. The van der Waals surface area contributed by atoms with Crippen LogP contribution in [0.1, 0.15) is 56.3 Å². The molecule has 1 heterocycles. The van der Waals surface area contributed by atoms with E-state index in [0.29, 0.717) is 6.42 Å². The van der Waals surface area contributed by atoms with Gasteiger partial charge in [-0.3, -0.25) is 4.79 Å². The smallest absolute Gasteiger partial charge is 0.170 e. The van der Waals surface area contributed by atoms with Gasteiger partial charge in [0.05, 0.1) is 12.0 Å². The fourth-order valence-electron chi connectivity index (χ4n) is 3.58. The zero-order chi connectivity index (χ0) is 14.3. The Kier molecular flexibility index (Phi) is 3.65. The molecule has 0 amide bonds. The minimum absolute atomic E-state index is 0.232. The summed E-state index contributed by atoms with van der Waals surface area (Å²) in [4.78, 5) is 12.4. The minimum Gasteiger partial charge on any atom is -0.486 e. The summed E-state index contributed by atoms with van der Waals surface area (Å²) < 4.78 is 7.21. The quantitative estimate of drug-likeness (QED) is 0.721. The van der Waals surface area contributed by atoms with E-state index in [9.17, 15) is 4.79 Å². The highest BCUT2D eigenvalue weighted by molar-refractivity contribution is 9.10. The van der Waals surface area contributed by atoms with Crippen molar-refractivity contribution >= 4 is 21.7 Å². The van der Waals surface area contributed by atoms with Crippen LogP contribution in [0.2, 0.25) is 0 Å². The summed E-state index contributed by atoms with van der Waals surface area (Å²) in [5.41, 5.74) is 0.500. The fourth-order valence-corrected chi connectivity index (χ4v) is 3.94. The van der Waals surface area contributed by atoms with E-state index in [0.717, 1.165) is 40.5 Å². The molecular formula is C17H21BrO2. The molecule has 20 heavy (non-hydrogen) atoms. The predicted octanol–water partition coefficient (Wildman–Crippen LogP) is 5.00. The van der Waals surface area contributed by atoms with Crippen LogP contribution < -0.4 is 4.74 Å². The van der Waals surface area contributed by atoms with Gasteiger partial charge in [0, 0.05) is 4.47 Å². The Morgan fingerprint density at radius 2 is 2.00 bits per heavy atom. The Hall–Kier alpha value is -0.830. The highest BCUT2D eigenvalue weighted by atomic mass is 79.9. The van der Waals surface area contributed by atoms with Crippen molar-refractivity contribution in [3.8, 4) is 5.75 Å². The SMILES string of the molecule is CC(C)C1CCC2(CC1)CC(=O)c1cc(Br)ccc1O2. The third-order valence-electron chi connectivity index (χ3n) is 4.94. The normalized spacial score (nSPS) is 29.4. The van der Waals surface area contributed by atoms with Crippen LogP contribution in [0.5, 0.6) is 5.75 Å². The summed E-state index contributed by atoms with van der Waals surface area (Å²) in [5.74, 6) is 2.52. The van der Waals surface area contributed by atoms with E-state index in [1.165, 1.54) is 12.8 Å². The van der Waals surface area contributed by atoms with Crippen molar-refractivity contribution in [3.05, 3.63) is 28.2 Å². The van der Waals surface area contributed by atoms with Crippen LogP contribution in [0.15, 0.2) is 22.7 Å². The standard InChI is InChI=1S/C17H21BrO2/c1-11(2)12-5-7-17(8-6-12)10-15(19)14-9-13(18)3-4-16(14)20-17/h3-4,9,11-12H,5-8,10H2,1-2H3. The van der Waals surface area contributed by atoms with Gasteiger partial charge in [0.15, 0.2) is 5.78 Å². The van der Waals surface area contributed by atoms with Gasteiger partial charge in [0.25, 0.3) is 0 Å². The third-order valence-corrected chi connectivity index (χ3v) is 5.43. The maximum Gasteiger partial charge on any atom is 0.170 e. The molecule has 3 heteroatoms. The van der Waals surface area contributed by atoms with Crippen molar-refractivity contribution in [3.63, 3.8) is 0 Å². The number of hydrogen-bond donors (Lipinski definition) is 0. The lowest BCUT2D eigenvalue weighted by Crippen LogP contribution is -2.45. The topological polar surface area (TPSA) is 26.3 Å². The molecule has 1 aromatic rings. The summed E-state index contributed by atoms with van der Waals surface area (Å²) in [5, 5.41) is 0. The number of ether oxygens (including phenoxy) is 1. The van der Waals surface area contributed by atoms with Crippen LogP contribution >= 0.6 is 15.9 Å². The summed E-state index contributed by atoms with van der Waals surface area (Å²) in [6, 6.07) is 5.75. The first-order valence-corrected chi connectivity index (χ1v) is 8.30. The van der Waals surface area contributed by atoms with E-state index >= 15 is 0 Å². The monoisotopic (exact) mass is 336 g/mol. The first-order valence-electron chi connectivity index (χ1n) is 7.51. The van der Waals surface area contributed by atoms with E-state index < -0.39 is 0 Å². The number of rotatable bonds is 1. The number of ketones is 1. The number of halogens is 1. The van der Waals surface area contributed by atoms with E-state index in [-0.39, 0.29) is 11.4 Å². The third kappa shape index (κ3) is 2.52. The fraction of sp³-hybridized carbons (Fsp3) is 0.588. The molecule has 1 fully saturated rings. The van der Waals surface area contributed by atoms with E-state index in [1.54, 1.807) is 0 Å². The molecule has 1 aliphatic carbocycles. The van der Waals surface area contributed by atoms with Gasteiger partial charge in [-0.05, 0) is 55.7 Å². The maximum absolute atomic E-state index is 12.4. The molecule has 0 aromatic heterocycles. The van der Waals surface area contributed by atoms with Crippen molar-refractivity contribution in [2.75, 3.05) is 0 Å². The number of fused-ring (bicyclic) bond motifs is 1.